The number of benzene rings is 3. The molecule has 0 aliphatic carbocycles. The van der Waals surface area contributed by atoms with Crippen LogP contribution in [0.2, 0.25) is 5.02 Å². The predicted octanol–water partition coefficient (Wildman–Crippen LogP) is 4.92. The number of hydrogen-bond acceptors (Lipinski definition) is 4. The topological polar surface area (TPSA) is 86.8 Å². The van der Waals surface area contributed by atoms with E-state index in [1.54, 1.807) is 35.2 Å². The molecule has 0 bridgehead atoms. The van der Waals surface area contributed by atoms with Crippen LogP contribution in [0.25, 0.3) is 0 Å². The Bertz CT molecular complexity index is 1370. The molecule has 3 aromatic rings. The lowest BCUT2D eigenvalue weighted by Gasteiger charge is -2.25. The fraction of sp³-hybridized carbons (Fsp3) is 0.231. The molecule has 182 valence electrons. The fourth-order valence-electron chi connectivity index (χ4n) is 4.04. The van der Waals surface area contributed by atoms with Gasteiger partial charge in [0.1, 0.15) is 6.54 Å². The second-order valence-electron chi connectivity index (χ2n) is 8.50. The maximum atomic E-state index is 13.5. The van der Waals surface area contributed by atoms with Crippen molar-refractivity contribution in [3.8, 4) is 0 Å². The average Bonchev–Trinajstić information content (AvgIpc) is 3.24. The van der Waals surface area contributed by atoms with Gasteiger partial charge in [-0.15, -0.1) is 0 Å². The van der Waals surface area contributed by atoms with Gasteiger partial charge in [0.05, 0.1) is 10.6 Å². The van der Waals surface area contributed by atoms with Crippen LogP contribution < -0.4 is 14.5 Å². The minimum atomic E-state index is -4.05. The van der Waals surface area contributed by atoms with E-state index in [0.29, 0.717) is 29.4 Å². The summed E-state index contributed by atoms with van der Waals surface area (Å²) in [6.45, 7) is 3.96. The van der Waals surface area contributed by atoms with Crippen LogP contribution in [-0.2, 0) is 19.6 Å². The van der Waals surface area contributed by atoms with Gasteiger partial charge in [-0.25, -0.2) is 8.42 Å². The Labute approximate surface area is 210 Å². The number of rotatable bonds is 7. The van der Waals surface area contributed by atoms with E-state index in [9.17, 15) is 18.0 Å². The highest BCUT2D eigenvalue weighted by atomic mass is 35.5. The predicted molar refractivity (Wildman–Crippen MR) is 139 cm³/mol. The number of anilines is 3. The Morgan fingerprint density at radius 2 is 1.80 bits per heavy atom. The Kier molecular flexibility index (Phi) is 7.14. The van der Waals surface area contributed by atoms with Crippen LogP contribution >= 0.6 is 11.6 Å². The molecule has 7 nitrogen and oxygen atoms in total. The largest absolute Gasteiger partial charge is 0.324 e. The molecule has 2 amide bonds. The summed E-state index contributed by atoms with van der Waals surface area (Å²) in [5.74, 6) is -0.456. The van der Waals surface area contributed by atoms with E-state index in [-0.39, 0.29) is 10.8 Å². The number of sulfonamides is 1. The summed E-state index contributed by atoms with van der Waals surface area (Å²) in [5, 5.41) is 3.20. The molecular weight excluding hydrogens is 486 g/mol. The molecule has 0 saturated carbocycles. The molecule has 1 fully saturated rings. The molecule has 0 radical (unpaired) electrons. The van der Waals surface area contributed by atoms with Gasteiger partial charge in [-0.3, -0.25) is 13.9 Å². The zero-order valence-corrected chi connectivity index (χ0v) is 21.1. The van der Waals surface area contributed by atoms with Gasteiger partial charge in [0, 0.05) is 29.4 Å². The summed E-state index contributed by atoms with van der Waals surface area (Å²) in [7, 11) is -4.05. The standard InChI is InChI=1S/C26H26ClN3O4S/c1-18-5-3-6-22(15-18)30(35(33,34)23-12-9-20(27)10-13-23)17-25(31)28-21-11-8-19(2)24(16-21)29-14-4-7-26(29)32/h3,5-6,8-13,15-16H,4,7,14,17H2,1-2H3,(H,28,31). The molecule has 35 heavy (non-hydrogen) atoms. The number of halogens is 1. The van der Waals surface area contributed by atoms with Gasteiger partial charge in [-0.2, -0.15) is 0 Å². The summed E-state index contributed by atoms with van der Waals surface area (Å²) in [6.07, 6.45) is 1.30. The Morgan fingerprint density at radius 1 is 1.06 bits per heavy atom. The Balaban J connectivity index is 1.62. The number of nitrogens with one attached hydrogen (secondary N) is 1. The zero-order chi connectivity index (χ0) is 25.2. The molecule has 1 heterocycles. The SMILES string of the molecule is Cc1cccc(N(CC(=O)Nc2ccc(C)c(N3CCCC3=O)c2)S(=O)(=O)c2ccc(Cl)cc2)c1. The molecule has 1 saturated heterocycles. The van der Waals surface area contributed by atoms with Crippen LogP contribution in [0.4, 0.5) is 17.1 Å². The van der Waals surface area contributed by atoms with E-state index < -0.39 is 22.5 Å². The van der Waals surface area contributed by atoms with Crippen molar-refractivity contribution in [3.05, 3.63) is 82.9 Å². The second kappa shape index (κ2) is 10.1. The van der Waals surface area contributed by atoms with Gasteiger partial charge in [0.25, 0.3) is 10.0 Å². The Morgan fingerprint density at radius 3 is 2.46 bits per heavy atom. The normalized spacial score (nSPS) is 13.7. The molecular formula is C26H26ClN3O4S. The smallest absolute Gasteiger partial charge is 0.264 e. The Hall–Kier alpha value is -3.36. The summed E-state index contributed by atoms with van der Waals surface area (Å²) in [6, 6.07) is 18.1. The molecule has 0 spiro atoms. The summed E-state index contributed by atoms with van der Waals surface area (Å²) in [4.78, 5) is 27.0. The molecule has 1 N–H and O–H groups in total. The lowest BCUT2D eigenvalue weighted by Crippen LogP contribution is -2.38. The monoisotopic (exact) mass is 511 g/mol. The van der Waals surface area contributed by atoms with Crippen molar-refractivity contribution in [1.82, 2.24) is 0 Å². The number of hydrogen-bond donors (Lipinski definition) is 1. The maximum absolute atomic E-state index is 13.5. The van der Waals surface area contributed by atoms with Crippen molar-refractivity contribution in [3.63, 3.8) is 0 Å². The van der Waals surface area contributed by atoms with Gasteiger partial charge in [-0.1, -0.05) is 29.8 Å². The molecule has 3 aromatic carbocycles. The van der Waals surface area contributed by atoms with Crippen LogP contribution in [0, 0.1) is 13.8 Å². The first kappa shape index (κ1) is 24.8. The van der Waals surface area contributed by atoms with Crippen molar-refractivity contribution in [2.75, 3.05) is 27.6 Å². The van der Waals surface area contributed by atoms with Gasteiger partial charge in [0.15, 0.2) is 0 Å². The van der Waals surface area contributed by atoms with Gasteiger partial charge in [0.2, 0.25) is 11.8 Å². The van der Waals surface area contributed by atoms with Crippen LogP contribution in [0.15, 0.2) is 71.6 Å². The quantitative estimate of drug-likeness (QED) is 0.488. The molecule has 0 unspecified atom stereocenters. The number of amides is 2. The molecule has 4 rings (SSSR count). The number of carbonyl (C=O) groups excluding carboxylic acids is 2. The molecule has 1 aliphatic rings. The van der Waals surface area contributed by atoms with E-state index >= 15 is 0 Å². The highest BCUT2D eigenvalue weighted by Crippen LogP contribution is 2.29. The first-order valence-electron chi connectivity index (χ1n) is 11.2. The zero-order valence-electron chi connectivity index (χ0n) is 19.5. The van der Waals surface area contributed by atoms with Crippen LogP contribution in [0.5, 0.6) is 0 Å². The molecule has 9 heteroatoms. The fourth-order valence-corrected chi connectivity index (χ4v) is 5.58. The van der Waals surface area contributed by atoms with E-state index in [1.807, 2.05) is 26.0 Å². The number of aryl methyl sites for hydroxylation is 2. The summed E-state index contributed by atoms with van der Waals surface area (Å²) < 4.78 is 28.1. The lowest BCUT2D eigenvalue weighted by atomic mass is 10.1. The van der Waals surface area contributed by atoms with Crippen molar-refractivity contribution >= 4 is 50.5 Å². The van der Waals surface area contributed by atoms with Crippen molar-refractivity contribution in [2.24, 2.45) is 0 Å². The van der Waals surface area contributed by atoms with Crippen molar-refractivity contribution in [1.29, 1.82) is 0 Å². The van der Waals surface area contributed by atoms with Crippen LogP contribution in [0.3, 0.4) is 0 Å². The minimum Gasteiger partial charge on any atom is -0.324 e. The van der Waals surface area contributed by atoms with E-state index in [2.05, 4.69) is 5.32 Å². The number of nitrogens with zero attached hydrogens (tertiary/aromatic N) is 2. The summed E-state index contributed by atoms with van der Waals surface area (Å²) >= 11 is 5.94. The summed E-state index contributed by atoms with van der Waals surface area (Å²) in [5.41, 5.74) is 3.39. The molecule has 1 aliphatic heterocycles. The lowest BCUT2D eigenvalue weighted by molar-refractivity contribution is -0.117. The highest BCUT2D eigenvalue weighted by Gasteiger charge is 2.28. The minimum absolute atomic E-state index is 0.0291. The maximum Gasteiger partial charge on any atom is 0.264 e. The van der Waals surface area contributed by atoms with E-state index in [4.69, 9.17) is 11.6 Å². The van der Waals surface area contributed by atoms with Gasteiger partial charge < -0.3 is 10.2 Å². The first-order chi connectivity index (χ1) is 16.6. The number of carbonyl (C=O) groups is 2. The van der Waals surface area contributed by atoms with Crippen LogP contribution in [0.1, 0.15) is 24.0 Å². The average molecular weight is 512 g/mol. The van der Waals surface area contributed by atoms with E-state index in [1.165, 1.54) is 24.3 Å². The molecule has 0 atom stereocenters. The second-order valence-corrected chi connectivity index (χ2v) is 10.8. The van der Waals surface area contributed by atoms with Gasteiger partial charge >= 0.3 is 0 Å². The van der Waals surface area contributed by atoms with E-state index in [0.717, 1.165) is 27.5 Å². The highest BCUT2D eigenvalue weighted by molar-refractivity contribution is 7.92. The molecule has 0 aromatic heterocycles. The van der Waals surface area contributed by atoms with Crippen molar-refractivity contribution < 1.29 is 18.0 Å². The van der Waals surface area contributed by atoms with Crippen LogP contribution in [-0.4, -0.2) is 33.3 Å². The third kappa shape index (κ3) is 5.49. The van der Waals surface area contributed by atoms with Crippen molar-refractivity contribution in [2.45, 2.75) is 31.6 Å². The van der Waals surface area contributed by atoms with Gasteiger partial charge in [-0.05, 0) is 79.9 Å². The first-order valence-corrected chi connectivity index (χ1v) is 13.0. The third-order valence-electron chi connectivity index (χ3n) is 5.84. The third-order valence-corrected chi connectivity index (χ3v) is 7.88.